The van der Waals surface area contributed by atoms with Crippen molar-refractivity contribution in [1.29, 1.82) is 0 Å². The maximum absolute atomic E-state index is 8.65. The van der Waals surface area contributed by atoms with Crippen LogP contribution in [0.3, 0.4) is 0 Å². The zero-order valence-electron chi connectivity index (χ0n) is 5.16. The number of rotatable bonds is 1. The van der Waals surface area contributed by atoms with Gasteiger partial charge in [0.2, 0.25) is 0 Å². The van der Waals surface area contributed by atoms with Crippen LogP contribution in [0.15, 0.2) is 24.3 Å². The van der Waals surface area contributed by atoms with E-state index in [0.717, 1.165) is 0 Å². The number of halogens is 1. The highest BCUT2D eigenvalue weighted by Crippen LogP contribution is 2.14. The Morgan fingerprint density at radius 3 is 2.40 bits per heavy atom. The molecule has 0 saturated heterocycles. The molecule has 0 aliphatic carbocycles. The number of aliphatic hydroxyl groups excluding tert-OH is 1. The van der Waals surface area contributed by atoms with Crippen LogP contribution in [0.1, 0.15) is 11.9 Å². The molecule has 0 aliphatic heterocycles. The van der Waals surface area contributed by atoms with E-state index in [4.69, 9.17) is 21.8 Å². The van der Waals surface area contributed by atoms with Gasteiger partial charge in [0.1, 0.15) is 0 Å². The van der Waals surface area contributed by atoms with E-state index in [1.54, 1.807) is 18.2 Å². The molecule has 1 aromatic carbocycles. The Labute approximate surface area is 63.7 Å². The van der Waals surface area contributed by atoms with Crippen LogP contribution in [-0.2, 0) is 0 Å². The largest absolute Gasteiger partial charge is 0.364 e. The van der Waals surface area contributed by atoms with Gasteiger partial charge in [0, 0.05) is 10.6 Å². The predicted molar refractivity (Wildman–Crippen MR) is 38.6 cm³/mol. The Hall–Kier alpha value is -0.570. The van der Waals surface area contributed by atoms with Gasteiger partial charge in [0.25, 0.3) is 0 Å². The monoisotopic (exact) mass is 158 g/mol. The van der Waals surface area contributed by atoms with Gasteiger partial charge in [-0.25, -0.2) is 0 Å². The highest BCUT2D eigenvalue weighted by Gasteiger charge is 2.00. The molecular weight excluding hydrogens is 152 g/mol. The minimum atomic E-state index is -1.43. The fourth-order valence-corrected chi connectivity index (χ4v) is 0.866. The van der Waals surface area contributed by atoms with E-state index < -0.39 is 6.29 Å². The molecule has 1 aromatic rings. The first kappa shape index (κ1) is 7.54. The smallest absolute Gasteiger partial charge is 0.178 e. The van der Waals surface area contributed by atoms with Crippen molar-refractivity contribution in [2.45, 2.75) is 6.29 Å². The van der Waals surface area contributed by atoms with Crippen LogP contribution in [0.4, 0.5) is 0 Å². The number of benzene rings is 1. The van der Waals surface area contributed by atoms with Gasteiger partial charge in [-0.3, -0.25) is 0 Å². The minimum Gasteiger partial charge on any atom is -0.364 e. The third-order valence-electron chi connectivity index (χ3n) is 1.15. The average Bonchev–Trinajstić information content (AvgIpc) is 1.88. The topological polar surface area (TPSA) is 40.5 Å². The third-order valence-corrected chi connectivity index (χ3v) is 1.38. The molecule has 0 spiro atoms. The molecule has 0 fully saturated rings. The number of hydrogen-bond acceptors (Lipinski definition) is 2. The van der Waals surface area contributed by atoms with Crippen LogP contribution in [0.25, 0.3) is 0 Å². The fourth-order valence-electron chi connectivity index (χ4n) is 0.667. The molecule has 0 aromatic heterocycles. The lowest BCUT2D eigenvalue weighted by Crippen LogP contribution is -1.93. The molecule has 0 unspecified atom stereocenters. The summed E-state index contributed by atoms with van der Waals surface area (Å²) < 4.78 is 0. The first-order chi connectivity index (χ1) is 4.70. The summed E-state index contributed by atoms with van der Waals surface area (Å²) >= 11 is 5.57. The van der Waals surface area contributed by atoms with E-state index in [1.165, 1.54) is 6.07 Å². The van der Waals surface area contributed by atoms with Crippen LogP contribution >= 0.6 is 11.6 Å². The molecule has 2 nitrogen and oxygen atoms in total. The summed E-state index contributed by atoms with van der Waals surface area (Å²) in [6.45, 7) is 0. The van der Waals surface area contributed by atoms with Crippen molar-refractivity contribution in [2.24, 2.45) is 0 Å². The summed E-state index contributed by atoms with van der Waals surface area (Å²) in [5.41, 5.74) is 0.410. The molecular formula is C7H7ClO2. The van der Waals surface area contributed by atoms with Crippen LogP contribution in [0.5, 0.6) is 0 Å². The highest BCUT2D eigenvalue weighted by molar-refractivity contribution is 6.30. The van der Waals surface area contributed by atoms with E-state index >= 15 is 0 Å². The fraction of sp³-hybridized carbons (Fsp3) is 0.143. The summed E-state index contributed by atoms with van der Waals surface area (Å²) in [5.74, 6) is 0. The van der Waals surface area contributed by atoms with E-state index in [1.807, 2.05) is 0 Å². The van der Waals surface area contributed by atoms with Gasteiger partial charge in [-0.1, -0.05) is 23.7 Å². The van der Waals surface area contributed by atoms with Crippen molar-refractivity contribution >= 4 is 11.6 Å². The van der Waals surface area contributed by atoms with Crippen molar-refractivity contribution in [2.75, 3.05) is 0 Å². The molecule has 0 bridgehead atoms. The quantitative estimate of drug-likeness (QED) is 0.606. The van der Waals surface area contributed by atoms with Crippen molar-refractivity contribution in [3.8, 4) is 0 Å². The third kappa shape index (κ3) is 1.70. The Kier molecular flexibility index (Phi) is 2.27. The van der Waals surface area contributed by atoms with E-state index in [2.05, 4.69) is 0 Å². The molecule has 10 heavy (non-hydrogen) atoms. The summed E-state index contributed by atoms with van der Waals surface area (Å²) in [7, 11) is 0. The zero-order valence-corrected chi connectivity index (χ0v) is 5.92. The van der Waals surface area contributed by atoms with Gasteiger partial charge >= 0.3 is 0 Å². The second-order valence-corrected chi connectivity index (χ2v) is 2.37. The molecule has 1 rings (SSSR count). The van der Waals surface area contributed by atoms with Gasteiger partial charge < -0.3 is 10.2 Å². The number of hydrogen-bond donors (Lipinski definition) is 2. The normalized spacial score (nSPS) is 10.4. The Bertz CT molecular complexity index is 223. The highest BCUT2D eigenvalue weighted by atomic mass is 35.5. The first-order valence-electron chi connectivity index (χ1n) is 2.82. The molecule has 0 atom stereocenters. The van der Waals surface area contributed by atoms with Gasteiger partial charge in [-0.05, 0) is 12.1 Å². The maximum Gasteiger partial charge on any atom is 0.178 e. The summed E-state index contributed by atoms with van der Waals surface area (Å²) in [6.07, 6.45) is -1.43. The SMILES string of the molecule is OC(O)c1cccc(Cl)c1. The van der Waals surface area contributed by atoms with Crippen LogP contribution in [0, 0.1) is 0 Å². The lowest BCUT2D eigenvalue weighted by Gasteiger charge is -2.01. The molecule has 2 N–H and O–H groups in total. The second kappa shape index (κ2) is 3.01. The molecule has 3 heteroatoms. The molecule has 0 aliphatic rings. The first-order valence-corrected chi connectivity index (χ1v) is 3.19. The molecule has 54 valence electrons. The molecule has 0 heterocycles. The van der Waals surface area contributed by atoms with Gasteiger partial charge in [-0.15, -0.1) is 0 Å². The van der Waals surface area contributed by atoms with Crippen molar-refractivity contribution in [1.82, 2.24) is 0 Å². The Morgan fingerprint density at radius 1 is 1.30 bits per heavy atom. The summed E-state index contributed by atoms with van der Waals surface area (Å²) in [4.78, 5) is 0. The van der Waals surface area contributed by atoms with E-state index in [-0.39, 0.29) is 0 Å². The Balaban J connectivity index is 2.96. The average molecular weight is 159 g/mol. The zero-order chi connectivity index (χ0) is 7.56. The van der Waals surface area contributed by atoms with Gasteiger partial charge in [0.05, 0.1) is 0 Å². The molecule has 0 amide bonds. The van der Waals surface area contributed by atoms with Crippen molar-refractivity contribution < 1.29 is 10.2 Å². The van der Waals surface area contributed by atoms with Crippen LogP contribution in [0.2, 0.25) is 5.02 Å². The van der Waals surface area contributed by atoms with Crippen molar-refractivity contribution in [3.05, 3.63) is 34.9 Å². The molecule has 0 saturated carbocycles. The summed E-state index contributed by atoms with van der Waals surface area (Å²) in [6, 6.07) is 6.44. The van der Waals surface area contributed by atoms with E-state index in [9.17, 15) is 0 Å². The number of aliphatic hydroxyl groups is 2. The summed E-state index contributed by atoms with van der Waals surface area (Å²) in [5, 5.41) is 17.8. The van der Waals surface area contributed by atoms with Crippen molar-refractivity contribution in [3.63, 3.8) is 0 Å². The maximum atomic E-state index is 8.65. The van der Waals surface area contributed by atoms with Crippen LogP contribution < -0.4 is 0 Å². The van der Waals surface area contributed by atoms with Gasteiger partial charge in [0.15, 0.2) is 6.29 Å². The Morgan fingerprint density at radius 2 is 2.00 bits per heavy atom. The van der Waals surface area contributed by atoms with Crippen LogP contribution in [-0.4, -0.2) is 10.2 Å². The lowest BCUT2D eigenvalue weighted by atomic mass is 10.2. The molecule has 0 radical (unpaired) electrons. The standard InChI is InChI=1S/C7H7ClO2/c8-6-3-1-2-5(4-6)7(9)10/h1-4,7,9-10H. The second-order valence-electron chi connectivity index (χ2n) is 1.93. The minimum absolute atomic E-state index is 0.410. The van der Waals surface area contributed by atoms with Gasteiger partial charge in [-0.2, -0.15) is 0 Å². The predicted octanol–water partition coefficient (Wildman–Crippen LogP) is 1.32. The van der Waals surface area contributed by atoms with E-state index in [0.29, 0.717) is 10.6 Å². The lowest BCUT2D eigenvalue weighted by molar-refractivity contribution is -0.0424.